The Bertz CT molecular complexity index is 385. The lowest BCUT2D eigenvalue weighted by Crippen LogP contribution is -2.07. The van der Waals surface area contributed by atoms with Gasteiger partial charge >= 0.3 is 0 Å². The van der Waals surface area contributed by atoms with Crippen LogP contribution >= 0.6 is 0 Å². The molecule has 1 saturated carbocycles. The van der Waals surface area contributed by atoms with E-state index in [-0.39, 0.29) is 0 Å². The Labute approximate surface area is 97.7 Å². The summed E-state index contributed by atoms with van der Waals surface area (Å²) in [5, 5.41) is 3.17. The van der Waals surface area contributed by atoms with Crippen LogP contribution < -0.4 is 5.32 Å². The van der Waals surface area contributed by atoms with Gasteiger partial charge < -0.3 is 5.32 Å². The molecule has 0 aliphatic heterocycles. The summed E-state index contributed by atoms with van der Waals surface area (Å²) in [5.41, 5.74) is 2.76. The van der Waals surface area contributed by atoms with Crippen LogP contribution in [-0.2, 0) is 6.42 Å². The van der Waals surface area contributed by atoms with Crippen molar-refractivity contribution < 1.29 is 0 Å². The van der Waals surface area contributed by atoms with Gasteiger partial charge in [0.05, 0.1) is 0 Å². The molecule has 0 bridgehead atoms. The molecule has 1 fully saturated rings. The van der Waals surface area contributed by atoms with Crippen LogP contribution in [0.1, 0.15) is 50.2 Å². The summed E-state index contributed by atoms with van der Waals surface area (Å²) in [6.45, 7) is 8.81. The zero-order valence-electron chi connectivity index (χ0n) is 10.9. The summed E-state index contributed by atoms with van der Waals surface area (Å²) < 4.78 is 0. The summed E-state index contributed by atoms with van der Waals surface area (Å²) >= 11 is 0. The molecule has 0 aromatic carbocycles. The van der Waals surface area contributed by atoms with Crippen molar-refractivity contribution in [1.29, 1.82) is 0 Å². The van der Waals surface area contributed by atoms with Gasteiger partial charge in [-0.15, -0.1) is 0 Å². The Morgan fingerprint density at radius 1 is 1.38 bits per heavy atom. The van der Waals surface area contributed by atoms with Crippen LogP contribution in [0.15, 0.2) is 0 Å². The fraction of sp³-hybridized carbons (Fsp3) is 0.692. The van der Waals surface area contributed by atoms with Crippen molar-refractivity contribution in [1.82, 2.24) is 9.97 Å². The van der Waals surface area contributed by atoms with E-state index in [0.29, 0.717) is 11.3 Å². The lowest BCUT2D eigenvalue weighted by atomic mass is 10.1. The quantitative estimate of drug-likeness (QED) is 0.849. The molecule has 3 nitrogen and oxygen atoms in total. The van der Waals surface area contributed by atoms with E-state index in [0.717, 1.165) is 18.1 Å². The highest BCUT2D eigenvalue weighted by Crippen LogP contribution is 2.57. The average Bonchev–Trinajstić information content (AvgIpc) is 2.88. The molecular formula is C13H21N3. The standard InChI is InChI=1S/C13H21N3/c1-6-10-8(2)11(14-5)16-12(15-10)9-7-13(9,3)4/h9H,6-7H2,1-5H3,(H,14,15,16). The van der Waals surface area contributed by atoms with Crippen molar-refractivity contribution in [3.8, 4) is 0 Å². The van der Waals surface area contributed by atoms with E-state index in [1.165, 1.54) is 17.7 Å². The number of nitrogens with one attached hydrogen (secondary N) is 1. The van der Waals surface area contributed by atoms with Crippen molar-refractivity contribution in [3.63, 3.8) is 0 Å². The maximum absolute atomic E-state index is 4.71. The predicted octanol–water partition coefficient (Wildman–Crippen LogP) is 2.90. The number of hydrogen-bond acceptors (Lipinski definition) is 3. The molecule has 2 rings (SSSR count). The van der Waals surface area contributed by atoms with E-state index in [1.807, 2.05) is 7.05 Å². The van der Waals surface area contributed by atoms with Crippen molar-refractivity contribution in [2.75, 3.05) is 12.4 Å². The Balaban J connectivity index is 2.40. The van der Waals surface area contributed by atoms with Gasteiger partial charge in [0.25, 0.3) is 0 Å². The van der Waals surface area contributed by atoms with Gasteiger partial charge in [0, 0.05) is 24.2 Å². The Hall–Kier alpha value is -1.12. The van der Waals surface area contributed by atoms with Gasteiger partial charge in [-0.1, -0.05) is 20.8 Å². The molecule has 1 aromatic rings. The molecule has 1 aromatic heterocycles. The lowest BCUT2D eigenvalue weighted by Gasteiger charge is -2.11. The van der Waals surface area contributed by atoms with E-state index in [1.54, 1.807) is 0 Å². The summed E-state index contributed by atoms with van der Waals surface area (Å²) in [7, 11) is 1.93. The zero-order valence-corrected chi connectivity index (χ0v) is 10.9. The average molecular weight is 219 g/mol. The van der Waals surface area contributed by atoms with Crippen LogP contribution in [0.3, 0.4) is 0 Å². The van der Waals surface area contributed by atoms with Gasteiger partial charge in [-0.2, -0.15) is 0 Å². The number of nitrogens with zero attached hydrogens (tertiary/aromatic N) is 2. The lowest BCUT2D eigenvalue weighted by molar-refractivity contribution is 0.606. The number of aromatic nitrogens is 2. The molecule has 1 N–H and O–H groups in total. The van der Waals surface area contributed by atoms with Crippen LogP contribution in [-0.4, -0.2) is 17.0 Å². The van der Waals surface area contributed by atoms with E-state index >= 15 is 0 Å². The number of rotatable bonds is 3. The van der Waals surface area contributed by atoms with Crippen LogP contribution in [0.4, 0.5) is 5.82 Å². The van der Waals surface area contributed by atoms with Crippen molar-refractivity contribution in [2.24, 2.45) is 5.41 Å². The second-order valence-corrected chi connectivity index (χ2v) is 5.35. The highest BCUT2D eigenvalue weighted by atomic mass is 15.0. The molecule has 88 valence electrons. The largest absolute Gasteiger partial charge is 0.373 e. The molecule has 0 radical (unpaired) electrons. The third kappa shape index (κ3) is 1.79. The smallest absolute Gasteiger partial charge is 0.134 e. The third-order valence-corrected chi connectivity index (χ3v) is 3.66. The molecule has 1 aliphatic carbocycles. The molecule has 0 saturated heterocycles. The Kier molecular flexibility index (Phi) is 2.64. The molecule has 16 heavy (non-hydrogen) atoms. The first-order valence-electron chi connectivity index (χ1n) is 6.04. The first-order valence-corrected chi connectivity index (χ1v) is 6.04. The van der Waals surface area contributed by atoms with E-state index in [9.17, 15) is 0 Å². The van der Waals surface area contributed by atoms with Crippen LogP contribution in [0.25, 0.3) is 0 Å². The van der Waals surface area contributed by atoms with E-state index in [4.69, 9.17) is 4.98 Å². The first kappa shape index (κ1) is 11.4. The van der Waals surface area contributed by atoms with Gasteiger partial charge in [-0.05, 0) is 25.2 Å². The molecule has 3 heteroatoms. The second kappa shape index (κ2) is 3.72. The summed E-state index contributed by atoms with van der Waals surface area (Å²) in [4.78, 5) is 9.34. The van der Waals surface area contributed by atoms with Gasteiger partial charge in [-0.3, -0.25) is 0 Å². The molecule has 1 heterocycles. The minimum atomic E-state index is 0.394. The molecule has 0 amide bonds. The monoisotopic (exact) mass is 219 g/mol. The number of anilines is 1. The Morgan fingerprint density at radius 2 is 2.00 bits per heavy atom. The zero-order chi connectivity index (χ0) is 11.9. The molecule has 1 unspecified atom stereocenters. The Morgan fingerprint density at radius 3 is 2.44 bits per heavy atom. The van der Waals surface area contributed by atoms with Gasteiger partial charge in [0.2, 0.25) is 0 Å². The normalized spacial score (nSPS) is 21.9. The highest BCUT2D eigenvalue weighted by molar-refractivity contribution is 5.46. The van der Waals surface area contributed by atoms with E-state index < -0.39 is 0 Å². The van der Waals surface area contributed by atoms with Crippen molar-refractivity contribution in [2.45, 2.75) is 46.5 Å². The number of hydrogen-bond donors (Lipinski definition) is 1. The minimum Gasteiger partial charge on any atom is -0.373 e. The summed E-state index contributed by atoms with van der Waals surface area (Å²) in [6, 6.07) is 0. The maximum atomic E-state index is 4.71. The van der Waals surface area contributed by atoms with E-state index in [2.05, 4.69) is 38.0 Å². The SMILES string of the molecule is CCc1nc(C2CC2(C)C)nc(NC)c1C. The van der Waals surface area contributed by atoms with Gasteiger partial charge in [-0.25, -0.2) is 9.97 Å². The first-order chi connectivity index (χ1) is 7.49. The summed E-state index contributed by atoms with van der Waals surface area (Å²) in [5.74, 6) is 2.56. The third-order valence-electron chi connectivity index (χ3n) is 3.66. The maximum Gasteiger partial charge on any atom is 0.134 e. The second-order valence-electron chi connectivity index (χ2n) is 5.35. The van der Waals surface area contributed by atoms with Gasteiger partial charge in [0.15, 0.2) is 0 Å². The van der Waals surface area contributed by atoms with Crippen LogP contribution in [0.5, 0.6) is 0 Å². The fourth-order valence-electron chi connectivity index (χ4n) is 2.23. The molecule has 1 aliphatic rings. The van der Waals surface area contributed by atoms with Crippen molar-refractivity contribution >= 4 is 5.82 Å². The van der Waals surface area contributed by atoms with Crippen molar-refractivity contribution in [3.05, 3.63) is 17.1 Å². The van der Waals surface area contributed by atoms with Crippen LogP contribution in [0, 0.1) is 12.3 Å². The van der Waals surface area contributed by atoms with Crippen LogP contribution in [0.2, 0.25) is 0 Å². The molecular weight excluding hydrogens is 198 g/mol. The fourth-order valence-corrected chi connectivity index (χ4v) is 2.23. The summed E-state index contributed by atoms with van der Waals surface area (Å²) in [6.07, 6.45) is 2.19. The molecule has 0 spiro atoms. The highest BCUT2D eigenvalue weighted by Gasteiger charge is 2.48. The topological polar surface area (TPSA) is 37.8 Å². The molecule has 1 atom stereocenters. The van der Waals surface area contributed by atoms with Gasteiger partial charge in [0.1, 0.15) is 11.6 Å². The predicted molar refractivity (Wildman–Crippen MR) is 66.8 cm³/mol. The number of aryl methyl sites for hydroxylation is 1. The minimum absolute atomic E-state index is 0.394.